The fourth-order valence-corrected chi connectivity index (χ4v) is 2.83. The number of carbonyl (C=O) groups is 1. The zero-order valence-electron chi connectivity index (χ0n) is 13.0. The van der Waals surface area contributed by atoms with Gasteiger partial charge in [0, 0.05) is 31.1 Å². The molecule has 0 saturated carbocycles. The van der Waals surface area contributed by atoms with Gasteiger partial charge in [-0.25, -0.2) is 8.42 Å². The van der Waals surface area contributed by atoms with Crippen LogP contribution in [0.4, 0.5) is 0 Å². The van der Waals surface area contributed by atoms with Crippen LogP contribution in [0.25, 0.3) is 0 Å². The topological polar surface area (TPSA) is 66.5 Å². The summed E-state index contributed by atoms with van der Waals surface area (Å²) < 4.78 is 25.0. The number of nitrogens with zero attached hydrogens (tertiary/aromatic N) is 1. The van der Waals surface area contributed by atoms with Crippen molar-refractivity contribution in [1.29, 1.82) is 0 Å². The average Bonchev–Trinajstić information content (AvgIpc) is 2.45. The van der Waals surface area contributed by atoms with Gasteiger partial charge in [0.2, 0.25) is 15.9 Å². The Morgan fingerprint density at radius 3 is 2.45 bits per heavy atom. The van der Waals surface area contributed by atoms with Crippen LogP contribution in [0, 0.1) is 0 Å². The highest BCUT2D eigenvalue weighted by atomic mass is 35.5. The number of hydrogen-bond acceptors (Lipinski definition) is 3. The Hall–Kier alpha value is -1.11. The first-order valence-corrected chi connectivity index (χ1v) is 9.52. The third kappa shape index (κ3) is 7.24. The fraction of sp³-hybridized carbons (Fsp3) is 0.533. The van der Waals surface area contributed by atoms with Crippen molar-refractivity contribution >= 4 is 27.5 Å². The molecule has 0 spiro atoms. The van der Waals surface area contributed by atoms with E-state index in [0.717, 1.165) is 18.4 Å². The van der Waals surface area contributed by atoms with Gasteiger partial charge in [-0.05, 0) is 24.1 Å². The van der Waals surface area contributed by atoms with E-state index < -0.39 is 10.0 Å². The molecule has 124 valence electrons. The van der Waals surface area contributed by atoms with Crippen LogP contribution >= 0.6 is 11.6 Å². The lowest BCUT2D eigenvalue weighted by atomic mass is 10.2. The maximum absolute atomic E-state index is 11.8. The largest absolute Gasteiger partial charge is 0.355 e. The first kappa shape index (κ1) is 18.9. The monoisotopic (exact) mass is 346 g/mol. The summed E-state index contributed by atoms with van der Waals surface area (Å²) >= 11 is 5.82. The van der Waals surface area contributed by atoms with Crippen molar-refractivity contribution < 1.29 is 13.2 Å². The van der Waals surface area contributed by atoms with E-state index in [9.17, 15) is 13.2 Å². The molecule has 0 atom stereocenters. The molecule has 1 aromatic rings. The molecule has 7 heteroatoms. The van der Waals surface area contributed by atoms with E-state index in [1.54, 1.807) is 24.3 Å². The molecule has 0 aliphatic heterocycles. The number of carbonyl (C=O) groups excluding carboxylic acids is 1. The number of halogens is 1. The minimum atomic E-state index is -3.34. The van der Waals surface area contributed by atoms with Gasteiger partial charge in [-0.3, -0.25) is 4.79 Å². The first-order valence-electron chi connectivity index (χ1n) is 7.29. The second-order valence-electron chi connectivity index (χ2n) is 5.18. The number of nitrogens with one attached hydrogen (secondary N) is 1. The van der Waals surface area contributed by atoms with Gasteiger partial charge in [-0.15, -0.1) is 0 Å². The fourth-order valence-electron chi connectivity index (χ4n) is 1.90. The highest BCUT2D eigenvalue weighted by Crippen LogP contribution is 2.12. The standard InChI is InChI=1S/C15H23ClN2O3S/c1-3-4-5-15(19)17-10-11-18(22(2,20)21)12-13-6-8-14(16)9-7-13/h6-9H,3-5,10-12H2,1-2H3,(H,17,19). The highest BCUT2D eigenvalue weighted by molar-refractivity contribution is 7.88. The van der Waals surface area contributed by atoms with Crippen LogP contribution in [-0.2, 0) is 21.4 Å². The van der Waals surface area contributed by atoms with E-state index in [2.05, 4.69) is 5.32 Å². The lowest BCUT2D eigenvalue weighted by Gasteiger charge is -2.20. The average molecular weight is 347 g/mol. The lowest BCUT2D eigenvalue weighted by molar-refractivity contribution is -0.121. The molecule has 22 heavy (non-hydrogen) atoms. The van der Waals surface area contributed by atoms with Crippen LogP contribution in [0.2, 0.25) is 5.02 Å². The Bertz CT molecular complexity index is 573. The number of hydrogen-bond donors (Lipinski definition) is 1. The highest BCUT2D eigenvalue weighted by Gasteiger charge is 2.17. The quantitative estimate of drug-likeness (QED) is 0.746. The number of benzene rings is 1. The van der Waals surface area contributed by atoms with Crippen LogP contribution in [0.1, 0.15) is 31.7 Å². The van der Waals surface area contributed by atoms with Gasteiger partial charge >= 0.3 is 0 Å². The molecular formula is C15H23ClN2O3S. The molecule has 0 fully saturated rings. The summed E-state index contributed by atoms with van der Waals surface area (Å²) in [5.74, 6) is -0.0400. The maximum Gasteiger partial charge on any atom is 0.220 e. The summed E-state index contributed by atoms with van der Waals surface area (Å²) in [6, 6.07) is 7.04. The molecule has 0 bridgehead atoms. The molecule has 0 aromatic heterocycles. The van der Waals surface area contributed by atoms with Crippen molar-refractivity contribution in [1.82, 2.24) is 9.62 Å². The van der Waals surface area contributed by atoms with Gasteiger partial charge in [-0.2, -0.15) is 4.31 Å². The summed E-state index contributed by atoms with van der Waals surface area (Å²) in [6.45, 7) is 2.84. The maximum atomic E-state index is 11.8. The molecule has 0 aliphatic rings. The van der Waals surface area contributed by atoms with Crippen LogP contribution < -0.4 is 5.32 Å². The summed E-state index contributed by atoms with van der Waals surface area (Å²) in [4.78, 5) is 11.5. The van der Waals surface area contributed by atoms with Crippen molar-refractivity contribution in [3.8, 4) is 0 Å². The van der Waals surface area contributed by atoms with Crippen LogP contribution in [0.15, 0.2) is 24.3 Å². The SMILES string of the molecule is CCCCC(=O)NCCN(Cc1ccc(Cl)cc1)S(C)(=O)=O. The zero-order chi connectivity index (χ0) is 16.6. The molecule has 1 rings (SSSR count). The minimum Gasteiger partial charge on any atom is -0.355 e. The van der Waals surface area contributed by atoms with E-state index >= 15 is 0 Å². The molecule has 1 aromatic carbocycles. The van der Waals surface area contributed by atoms with E-state index in [4.69, 9.17) is 11.6 Å². The summed E-state index contributed by atoms with van der Waals surface area (Å²) in [5, 5.41) is 3.36. The molecular weight excluding hydrogens is 324 g/mol. The lowest BCUT2D eigenvalue weighted by Crippen LogP contribution is -2.37. The Kier molecular flexibility index (Phi) is 7.85. The number of sulfonamides is 1. The molecule has 0 radical (unpaired) electrons. The molecule has 0 aliphatic carbocycles. The predicted octanol–water partition coefficient (Wildman–Crippen LogP) is 2.41. The van der Waals surface area contributed by atoms with E-state index in [0.29, 0.717) is 18.0 Å². The molecule has 0 unspecified atom stereocenters. The van der Waals surface area contributed by atoms with Crippen LogP contribution in [0.3, 0.4) is 0 Å². The van der Waals surface area contributed by atoms with E-state index in [1.165, 1.54) is 10.6 Å². The third-order valence-corrected chi connectivity index (χ3v) is 4.68. The molecule has 1 amide bonds. The Morgan fingerprint density at radius 2 is 1.91 bits per heavy atom. The molecule has 0 saturated heterocycles. The molecule has 1 N–H and O–H groups in total. The zero-order valence-corrected chi connectivity index (χ0v) is 14.6. The molecule has 5 nitrogen and oxygen atoms in total. The van der Waals surface area contributed by atoms with E-state index in [1.807, 2.05) is 6.92 Å². The molecule has 0 heterocycles. The second kappa shape index (κ2) is 9.12. The normalized spacial score (nSPS) is 11.6. The van der Waals surface area contributed by atoms with Gasteiger partial charge in [0.15, 0.2) is 0 Å². The van der Waals surface area contributed by atoms with Gasteiger partial charge < -0.3 is 5.32 Å². The minimum absolute atomic E-state index is 0.0400. The van der Waals surface area contributed by atoms with Crippen molar-refractivity contribution in [2.75, 3.05) is 19.3 Å². The van der Waals surface area contributed by atoms with Crippen molar-refractivity contribution in [3.05, 3.63) is 34.9 Å². The third-order valence-electron chi connectivity index (χ3n) is 3.18. The van der Waals surface area contributed by atoms with Crippen molar-refractivity contribution in [2.45, 2.75) is 32.7 Å². The number of rotatable bonds is 9. The smallest absolute Gasteiger partial charge is 0.220 e. The summed E-state index contributed by atoms with van der Waals surface area (Å²) in [5.41, 5.74) is 0.854. The van der Waals surface area contributed by atoms with Gasteiger partial charge in [0.1, 0.15) is 0 Å². The predicted molar refractivity (Wildman–Crippen MR) is 89.2 cm³/mol. The van der Waals surface area contributed by atoms with Gasteiger partial charge in [0.25, 0.3) is 0 Å². The summed E-state index contributed by atoms with van der Waals surface area (Å²) in [7, 11) is -3.34. The van der Waals surface area contributed by atoms with Crippen LogP contribution in [0.5, 0.6) is 0 Å². The number of unbranched alkanes of at least 4 members (excludes halogenated alkanes) is 1. The van der Waals surface area contributed by atoms with E-state index in [-0.39, 0.29) is 19.0 Å². The van der Waals surface area contributed by atoms with Crippen molar-refractivity contribution in [3.63, 3.8) is 0 Å². The Morgan fingerprint density at radius 1 is 1.27 bits per heavy atom. The summed E-state index contributed by atoms with van der Waals surface area (Å²) in [6.07, 6.45) is 3.44. The first-order chi connectivity index (χ1) is 10.3. The second-order valence-corrected chi connectivity index (χ2v) is 7.60. The van der Waals surface area contributed by atoms with Gasteiger partial charge in [0.05, 0.1) is 6.26 Å². The Labute approximate surface area is 137 Å². The van der Waals surface area contributed by atoms with Crippen LogP contribution in [-0.4, -0.2) is 38.0 Å². The van der Waals surface area contributed by atoms with Gasteiger partial charge in [-0.1, -0.05) is 37.1 Å². The Balaban J connectivity index is 2.55. The number of amides is 1. The van der Waals surface area contributed by atoms with Crippen molar-refractivity contribution in [2.24, 2.45) is 0 Å².